The summed E-state index contributed by atoms with van der Waals surface area (Å²) in [5.41, 5.74) is 2.79. The Morgan fingerprint density at radius 2 is 1.80 bits per heavy atom. The van der Waals surface area contributed by atoms with Crippen LogP contribution < -0.4 is 5.32 Å². The molecule has 1 heterocycles. The van der Waals surface area contributed by atoms with Crippen molar-refractivity contribution in [3.05, 3.63) is 22.6 Å². The van der Waals surface area contributed by atoms with Crippen molar-refractivity contribution in [2.75, 3.05) is 6.54 Å². The highest BCUT2D eigenvalue weighted by atomic mass is 16.3. The van der Waals surface area contributed by atoms with Gasteiger partial charge in [-0.05, 0) is 51.1 Å². The fourth-order valence-electron chi connectivity index (χ4n) is 4.14. The predicted octanol–water partition coefficient (Wildman–Crippen LogP) is 5.07. The molecule has 1 aromatic rings. The van der Waals surface area contributed by atoms with Crippen LogP contribution in [0.4, 0.5) is 0 Å². The van der Waals surface area contributed by atoms with Gasteiger partial charge in [0.05, 0.1) is 0 Å². The summed E-state index contributed by atoms with van der Waals surface area (Å²) >= 11 is 0. The molecule has 20 heavy (non-hydrogen) atoms. The zero-order chi connectivity index (χ0) is 14.7. The fourth-order valence-corrected chi connectivity index (χ4v) is 4.14. The Bertz CT molecular complexity index is 435. The van der Waals surface area contributed by atoms with E-state index in [9.17, 15) is 0 Å². The molecule has 0 aliphatic heterocycles. The molecule has 0 aromatic carbocycles. The number of aryl methyl sites for hydroxylation is 2. The highest BCUT2D eigenvalue weighted by molar-refractivity contribution is 5.35. The zero-order valence-corrected chi connectivity index (χ0v) is 13.9. The van der Waals surface area contributed by atoms with Crippen molar-refractivity contribution in [2.24, 2.45) is 11.8 Å². The van der Waals surface area contributed by atoms with Crippen LogP contribution in [0.15, 0.2) is 4.42 Å². The standard InChI is InChI=1S/C18H31NO/c1-6-15-10-8-9-11-16(15)18(19-7-2)17-12(3)13(4)20-14(17)5/h15-16,18-19H,6-11H2,1-5H3. The zero-order valence-electron chi connectivity index (χ0n) is 13.9. The van der Waals surface area contributed by atoms with E-state index in [-0.39, 0.29) is 0 Å². The Hall–Kier alpha value is -0.760. The van der Waals surface area contributed by atoms with Gasteiger partial charge in [0.1, 0.15) is 11.5 Å². The summed E-state index contributed by atoms with van der Waals surface area (Å²) in [6, 6.07) is 0.475. The van der Waals surface area contributed by atoms with Crippen molar-refractivity contribution >= 4 is 0 Å². The molecule has 2 nitrogen and oxygen atoms in total. The summed E-state index contributed by atoms with van der Waals surface area (Å²) in [5.74, 6) is 3.83. The van der Waals surface area contributed by atoms with Crippen LogP contribution in [0.2, 0.25) is 0 Å². The van der Waals surface area contributed by atoms with E-state index in [1.54, 1.807) is 0 Å². The van der Waals surface area contributed by atoms with E-state index in [1.165, 1.54) is 43.2 Å². The summed E-state index contributed by atoms with van der Waals surface area (Å²) in [7, 11) is 0. The van der Waals surface area contributed by atoms with Gasteiger partial charge in [0.2, 0.25) is 0 Å². The molecule has 2 rings (SSSR count). The highest BCUT2D eigenvalue weighted by Gasteiger charge is 2.34. The maximum atomic E-state index is 5.89. The molecule has 1 saturated carbocycles. The number of nitrogens with one attached hydrogen (secondary N) is 1. The smallest absolute Gasteiger partial charge is 0.106 e. The Kier molecular flexibility index (Phi) is 5.31. The third-order valence-electron chi connectivity index (χ3n) is 5.27. The molecule has 3 unspecified atom stereocenters. The largest absolute Gasteiger partial charge is 0.466 e. The van der Waals surface area contributed by atoms with Crippen LogP contribution in [0.5, 0.6) is 0 Å². The Labute approximate surface area is 124 Å². The van der Waals surface area contributed by atoms with E-state index in [2.05, 4.69) is 39.9 Å². The SMILES string of the molecule is CCNC(c1c(C)oc(C)c1C)C1CCCCC1CC. The maximum absolute atomic E-state index is 5.89. The predicted molar refractivity (Wildman–Crippen MR) is 85.1 cm³/mol. The first-order valence-corrected chi connectivity index (χ1v) is 8.39. The molecule has 0 bridgehead atoms. The van der Waals surface area contributed by atoms with E-state index >= 15 is 0 Å². The van der Waals surface area contributed by atoms with Gasteiger partial charge >= 0.3 is 0 Å². The van der Waals surface area contributed by atoms with Crippen molar-refractivity contribution < 1.29 is 4.42 Å². The minimum Gasteiger partial charge on any atom is -0.466 e. The van der Waals surface area contributed by atoms with Crippen molar-refractivity contribution in [1.82, 2.24) is 5.32 Å². The Balaban J connectivity index is 2.34. The third kappa shape index (κ3) is 2.95. The van der Waals surface area contributed by atoms with Crippen LogP contribution >= 0.6 is 0 Å². The first kappa shape index (κ1) is 15.6. The lowest BCUT2D eigenvalue weighted by Crippen LogP contribution is -2.35. The van der Waals surface area contributed by atoms with Crippen LogP contribution in [0.3, 0.4) is 0 Å². The van der Waals surface area contributed by atoms with Crippen LogP contribution in [0.25, 0.3) is 0 Å². The molecule has 1 aliphatic carbocycles. The van der Waals surface area contributed by atoms with Crippen molar-refractivity contribution in [3.8, 4) is 0 Å². The third-order valence-corrected chi connectivity index (χ3v) is 5.27. The second-order valence-electron chi connectivity index (χ2n) is 6.41. The van der Waals surface area contributed by atoms with Crippen molar-refractivity contribution in [3.63, 3.8) is 0 Å². The monoisotopic (exact) mass is 277 g/mol. The molecule has 2 heteroatoms. The van der Waals surface area contributed by atoms with Gasteiger partial charge in [0.25, 0.3) is 0 Å². The summed E-state index contributed by atoms with van der Waals surface area (Å²) in [4.78, 5) is 0. The summed E-state index contributed by atoms with van der Waals surface area (Å²) in [6.45, 7) is 12.0. The minimum atomic E-state index is 0.475. The molecule has 0 amide bonds. The summed E-state index contributed by atoms with van der Waals surface area (Å²) in [5, 5.41) is 3.77. The van der Waals surface area contributed by atoms with Gasteiger partial charge in [-0.3, -0.25) is 0 Å². The number of hydrogen-bond donors (Lipinski definition) is 1. The second-order valence-corrected chi connectivity index (χ2v) is 6.41. The molecule has 114 valence electrons. The first-order chi connectivity index (χ1) is 9.60. The van der Waals surface area contributed by atoms with Gasteiger partial charge in [-0.15, -0.1) is 0 Å². The second kappa shape index (κ2) is 6.80. The molecule has 0 radical (unpaired) electrons. The molecule has 1 N–H and O–H groups in total. The van der Waals surface area contributed by atoms with E-state index in [0.29, 0.717) is 6.04 Å². The van der Waals surface area contributed by atoms with Crippen molar-refractivity contribution in [2.45, 2.75) is 72.8 Å². The number of hydrogen-bond acceptors (Lipinski definition) is 2. The molecular weight excluding hydrogens is 246 g/mol. The molecule has 1 aliphatic rings. The summed E-state index contributed by atoms with van der Waals surface area (Å²) in [6.07, 6.45) is 6.87. The van der Waals surface area contributed by atoms with Gasteiger partial charge in [0, 0.05) is 11.6 Å². The highest BCUT2D eigenvalue weighted by Crippen LogP contribution is 2.42. The van der Waals surface area contributed by atoms with Gasteiger partial charge in [-0.2, -0.15) is 0 Å². The van der Waals surface area contributed by atoms with E-state index in [0.717, 1.165) is 29.9 Å². The van der Waals surface area contributed by atoms with Gasteiger partial charge in [-0.1, -0.05) is 39.5 Å². The molecule has 1 aromatic heterocycles. The lowest BCUT2D eigenvalue weighted by atomic mass is 9.72. The Morgan fingerprint density at radius 3 is 2.35 bits per heavy atom. The van der Waals surface area contributed by atoms with Gasteiger partial charge in [0.15, 0.2) is 0 Å². The molecule has 3 atom stereocenters. The Morgan fingerprint density at radius 1 is 1.10 bits per heavy atom. The lowest BCUT2D eigenvalue weighted by molar-refractivity contribution is 0.175. The molecular formula is C18H31NO. The molecule has 0 saturated heterocycles. The minimum absolute atomic E-state index is 0.475. The number of furan rings is 1. The van der Waals surface area contributed by atoms with Gasteiger partial charge in [-0.25, -0.2) is 0 Å². The molecule has 1 fully saturated rings. The summed E-state index contributed by atoms with van der Waals surface area (Å²) < 4.78 is 5.89. The van der Waals surface area contributed by atoms with Crippen LogP contribution in [-0.4, -0.2) is 6.54 Å². The average Bonchev–Trinajstić information content (AvgIpc) is 2.70. The van der Waals surface area contributed by atoms with Crippen LogP contribution in [0.1, 0.15) is 74.6 Å². The normalized spacial score (nSPS) is 24.9. The first-order valence-electron chi connectivity index (χ1n) is 8.39. The number of rotatable bonds is 5. The van der Waals surface area contributed by atoms with Crippen LogP contribution in [0, 0.1) is 32.6 Å². The fraction of sp³-hybridized carbons (Fsp3) is 0.778. The van der Waals surface area contributed by atoms with E-state index in [1.807, 2.05) is 0 Å². The topological polar surface area (TPSA) is 25.2 Å². The van der Waals surface area contributed by atoms with E-state index < -0.39 is 0 Å². The maximum Gasteiger partial charge on any atom is 0.106 e. The lowest BCUT2D eigenvalue weighted by Gasteiger charge is -2.37. The van der Waals surface area contributed by atoms with Crippen LogP contribution in [-0.2, 0) is 0 Å². The quantitative estimate of drug-likeness (QED) is 0.812. The van der Waals surface area contributed by atoms with Gasteiger partial charge < -0.3 is 9.73 Å². The van der Waals surface area contributed by atoms with E-state index in [4.69, 9.17) is 4.42 Å². The van der Waals surface area contributed by atoms with Crippen molar-refractivity contribution in [1.29, 1.82) is 0 Å². The molecule has 0 spiro atoms. The average molecular weight is 277 g/mol.